The number of rotatable bonds is 7. The summed E-state index contributed by atoms with van der Waals surface area (Å²) >= 11 is 0. The van der Waals surface area contributed by atoms with Crippen LogP contribution < -0.4 is 0 Å². The fraction of sp³-hybridized carbons (Fsp3) is 0.600. The first-order chi connectivity index (χ1) is 6.97. The summed E-state index contributed by atoms with van der Waals surface area (Å²) < 4.78 is 0. The van der Waals surface area contributed by atoms with Gasteiger partial charge in [0.15, 0.2) is 0 Å². The van der Waals surface area contributed by atoms with Crippen molar-refractivity contribution < 1.29 is 19.2 Å². The van der Waals surface area contributed by atoms with E-state index in [2.05, 4.69) is 0 Å². The molecular weight excluding hydrogens is 198 g/mol. The van der Waals surface area contributed by atoms with E-state index >= 15 is 0 Å². The third-order valence-corrected chi connectivity index (χ3v) is 1.75. The highest BCUT2D eigenvalue weighted by molar-refractivity contribution is 5.88. The molecule has 0 rings (SSSR count). The lowest BCUT2D eigenvalue weighted by Gasteiger charge is -2.17. The van der Waals surface area contributed by atoms with Crippen LogP contribution in [-0.2, 0) is 19.2 Å². The zero-order valence-electron chi connectivity index (χ0n) is 8.99. The van der Waals surface area contributed by atoms with Crippen LogP contribution in [0.4, 0.5) is 0 Å². The second kappa shape index (κ2) is 6.86. The summed E-state index contributed by atoms with van der Waals surface area (Å²) in [5.74, 6) is -0.613. The smallest absolute Gasteiger partial charge is 0.223 e. The van der Waals surface area contributed by atoms with Crippen LogP contribution in [-0.4, -0.2) is 41.7 Å². The zero-order chi connectivity index (χ0) is 11.8. The molecule has 0 saturated heterocycles. The SMILES string of the molecule is CC(=O)CCC(=O)N(CC=O)CC(C)=O. The fourth-order valence-electron chi connectivity index (χ4n) is 1.05. The highest BCUT2D eigenvalue weighted by Crippen LogP contribution is 1.98. The Morgan fingerprint density at radius 1 is 1.07 bits per heavy atom. The van der Waals surface area contributed by atoms with Crippen LogP contribution in [0, 0.1) is 0 Å². The summed E-state index contributed by atoms with van der Waals surface area (Å²) in [7, 11) is 0. The molecule has 0 saturated carbocycles. The molecule has 0 aromatic carbocycles. The molecule has 15 heavy (non-hydrogen) atoms. The van der Waals surface area contributed by atoms with Crippen molar-refractivity contribution in [3.8, 4) is 0 Å². The standard InChI is InChI=1S/C10H15NO4/c1-8(13)3-4-10(15)11(5-6-12)7-9(2)14/h6H,3-5,7H2,1-2H3. The van der Waals surface area contributed by atoms with Gasteiger partial charge in [0.25, 0.3) is 0 Å². The number of nitrogens with zero attached hydrogens (tertiary/aromatic N) is 1. The molecule has 0 aliphatic carbocycles. The molecule has 84 valence electrons. The van der Waals surface area contributed by atoms with Gasteiger partial charge >= 0.3 is 0 Å². The van der Waals surface area contributed by atoms with E-state index in [1.165, 1.54) is 13.8 Å². The van der Waals surface area contributed by atoms with Crippen molar-refractivity contribution in [2.24, 2.45) is 0 Å². The Labute approximate surface area is 88.4 Å². The summed E-state index contributed by atoms with van der Waals surface area (Å²) in [6, 6.07) is 0. The zero-order valence-corrected chi connectivity index (χ0v) is 8.99. The molecule has 0 aliphatic rings. The van der Waals surface area contributed by atoms with E-state index < -0.39 is 0 Å². The van der Waals surface area contributed by atoms with E-state index in [0.717, 1.165) is 4.90 Å². The maximum absolute atomic E-state index is 11.4. The van der Waals surface area contributed by atoms with Crippen molar-refractivity contribution in [3.05, 3.63) is 0 Å². The van der Waals surface area contributed by atoms with Crippen molar-refractivity contribution in [3.63, 3.8) is 0 Å². The molecule has 0 unspecified atom stereocenters. The average molecular weight is 213 g/mol. The number of carbonyl (C=O) groups is 4. The van der Waals surface area contributed by atoms with E-state index in [9.17, 15) is 19.2 Å². The molecule has 0 spiro atoms. The van der Waals surface area contributed by atoms with Crippen LogP contribution in [0.1, 0.15) is 26.7 Å². The van der Waals surface area contributed by atoms with Gasteiger partial charge in [-0.3, -0.25) is 9.59 Å². The summed E-state index contributed by atoms with van der Waals surface area (Å²) in [6.07, 6.45) is 0.761. The van der Waals surface area contributed by atoms with Crippen molar-refractivity contribution in [2.45, 2.75) is 26.7 Å². The monoisotopic (exact) mass is 213 g/mol. The molecule has 0 aromatic rings. The molecule has 0 atom stereocenters. The lowest BCUT2D eigenvalue weighted by Crippen LogP contribution is -2.36. The number of aldehydes is 1. The molecule has 0 radical (unpaired) electrons. The van der Waals surface area contributed by atoms with Gasteiger partial charge in [-0.1, -0.05) is 0 Å². The van der Waals surface area contributed by atoms with Crippen LogP contribution in [0.5, 0.6) is 0 Å². The van der Waals surface area contributed by atoms with Gasteiger partial charge in [0, 0.05) is 12.8 Å². The van der Waals surface area contributed by atoms with Gasteiger partial charge in [0.05, 0.1) is 13.1 Å². The highest BCUT2D eigenvalue weighted by Gasteiger charge is 2.14. The predicted octanol–water partition coefficient (Wildman–Crippen LogP) is -0.0279. The predicted molar refractivity (Wildman–Crippen MR) is 53.2 cm³/mol. The topological polar surface area (TPSA) is 71.5 Å². The van der Waals surface area contributed by atoms with Crippen LogP contribution in [0.25, 0.3) is 0 Å². The van der Waals surface area contributed by atoms with E-state index in [-0.39, 0.29) is 43.4 Å². The van der Waals surface area contributed by atoms with Gasteiger partial charge < -0.3 is 14.5 Å². The van der Waals surface area contributed by atoms with E-state index in [0.29, 0.717) is 6.29 Å². The molecule has 0 bridgehead atoms. The van der Waals surface area contributed by atoms with Gasteiger partial charge in [-0.15, -0.1) is 0 Å². The summed E-state index contributed by atoms with van der Waals surface area (Å²) in [6.45, 7) is 2.56. The largest absolute Gasteiger partial charge is 0.328 e. The first-order valence-electron chi connectivity index (χ1n) is 4.67. The number of Topliss-reactive ketones (excluding diaryl/α,β-unsaturated/α-hetero) is 2. The van der Waals surface area contributed by atoms with Crippen molar-refractivity contribution >= 4 is 23.8 Å². The van der Waals surface area contributed by atoms with Crippen molar-refractivity contribution in [2.75, 3.05) is 13.1 Å². The van der Waals surface area contributed by atoms with Crippen LogP contribution in [0.15, 0.2) is 0 Å². The van der Waals surface area contributed by atoms with Gasteiger partial charge in [-0.2, -0.15) is 0 Å². The maximum Gasteiger partial charge on any atom is 0.223 e. The third kappa shape index (κ3) is 6.54. The summed E-state index contributed by atoms with van der Waals surface area (Å²) in [5, 5.41) is 0. The van der Waals surface area contributed by atoms with Gasteiger partial charge in [-0.25, -0.2) is 0 Å². The third-order valence-electron chi connectivity index (χ3n) is 1.75. The second-order valence-electron chi connectivity index (χ2n) is 3.34. The molecular formula is C10H15NO4. The minimum absolute atomic E-state index is 0.0520. The first kappa shape index (κ1) is 13.5. The molecule has 0 fully saturated rings. The summed E-state index contributed by atoms with van der Waals surface area (Å²) in [5.41, 5.74) is 0. The Bertz CT molecular complexity index is 273. The van der Waals surface area contributed by atoms with Gasteiger partial charge in [-0.05, 0) is 13.8 Å². The van der Waals surface area contributed by atoms with Crippen molar-refractivity contribution in [1.82, 2.24) is 4.90 Å². The maximum atomic E-state index is 11.4. The number of carbonyl (C=O) groups excluding carboxylic acids is 4. The first-order valence-corrected chi connectivity index (χ1v) is 4.67. The Morgan fingerprint density at radius 2 is 1.67 bits per heavy atom. The molecule has 0 aromatic heterocycles. The Hall–Kier alpha value is -1.52. The van der Waals surface area contributed by atoms with Gasteiger partial charge in [0.1, 0.15) is 17.9 Å². The minimum Gasteiger partial charge on any atom is -0.328 e. The normalized spacial score (nSPS) is 9.47. The molecule has 0 N–H and O–H groups in total. The van der Waals surface area contributed by atoms with E-state index in [4.69, 9.17) is 0 Å². The lowest BCUT2D eigenvalue weighted by atomic mass is 10.2. The number of ketones is 2. The molecule has 0 heterocycles. The lowest BCUT2D eigenvalue weighted by molar-refractivity contribution is -0.137. The second-order valence-corrected chi connectivity index (χ2v) is 3.34. The van der Waals surface area contributed by atoms with Crippen LogP contribution in [0.2, 0.25) is 0 Å². The number of hydrogen-bond donors (Lipinski definition) is 0. The molecule has 5 nitrogen and oxygen atoms in total. The van der Waals surface area contributed by atoms with Crippen LogP contribution in [0.3, 0.4) is 0 Å². The molecule has 5 heteroatoms. The summed E-state index contributed by atoms with van der Waals surface area (Å²) in [4.78, 5) is 44.3. The minimum atomic E-state index is -0.340. The number of amides is 1. The van der Waals surface area contributed by atoms with Crippen molar-refractivity contribution in [1.29, 1.82) is 0 Å². The highest BCUT2D eigenvalue weighted by atomic mass is 16.2. The van der Waals surface area contributed by atoms with Gasteiger partial charge in [0.2, 0.25) is 5.91 Å². The molecule has 0 aliphatic heterocycles. The quantitative estimate of drug-likeness (QED) is 0.557. The van der Waals surface area contributed by atoms with Crippen LogP contribution >= 0.6 is 0 Å². The molecule has 1 amide bonds. The van der Waals surface area contributed by atoms with E-state index in [1.807, 2.05) is 0 Å². The van der Waals surface area contributed by atoms with E-state index in [1.54, 1.807) is 0 Å². The Morgan fingerprint density at radius 3 is 2.07 bits per heavy atom. The fourth-order valence-corrected chi connectivity index (χ4v) is 1.05. The number of hydrogen-bond acceptors (Lipinski definition) is 4. The Kier molecular flexibility index (Phi) is 6.17. The Balaban J connectivity index is 4.21. The average Bonchev–Trinajstić information content (AvgIpc) is 2.12.